The normalized spacial score (nSPS) is 18.4. The van der Waals surface area contributed by atoms with Crippen LogP contribution in [-0.4, -0.2) is 48.6 Å². The Hall–Kier alpha value is -3.73. The van der Waals surface area contributed by atoms with Crippen molar-refractivity contribution in [2.24, 2.45) is 4.99 Å². The zero-order valence-corrected chi connectivity index (χ0v) is 22.7. The van der Waals surface area contributed by atoms with E-state index in [1.807, 2.05) is 66.9 Å². The molecule has 1 amide bonds. The Kier molecular flexibility index (Phi) is 6.61. The zero-order chi connectivity index (χ0) is 26.2. The molecule has 0 aliphatic carbocycles. The lowest BCUT2D eigenvalue weighted by Gasteiger charge is -2.32. The summed E-state index contributed by atoms with van der Waals surface area (Å²) < 4.78 is 8.26. The van der Waals surface area contributed by atoms with Crippen LogP contribution in [0.3, 0.4) is 0 Å². The molecule has 6 rings (SSSR count). The minimum absolute atomic E-state index is 0.192. The van der Waals surface area contributed by atoms with Gasteiger partial charge in [0.15, 0.2) is 10.7 Å². The van der Waals surface area contributed by atoms with Gasteiger partial charge in [-0.15, -0.1) is 11.3 Å². The number of carbonyl (C=O) groups excluding carboxylic acids is 1. The molecule has 2 aliphatic heterocycles. The first-order chi connectivity index (χ1) is 18.5. The molecule has 5 heterocycles. The maximum atomic E-state index is 13.8. The monoisotopic (exact) mass is 545 g/mol. The lowest BCUT2D eigenvalue weighted by Crippen LogP contribution is -2.44. The molecule has 2 aliphatic rings. The highest BCUT2D eigenvalue weighted by atomic mass is 32.1. The van der Waals surface area contributed by atoms with Gasteiger partial charge in [-0.25, -0.2) is 4.99 Å². The van der Waals surface area contributed by atoms with Crippen LogP contribution in [-0.2, 0) is 4.79 Å². The van der Waals surface area contributed by atoms with Gasteiger partial charge in [0.1, 0.15) is 11.8 Å². The van der Waals surface area contributed by atoms with Gasteiger partial charge in [0.05, 0.1) is 15.8 Å². The molecule has 3 aromatic heterocycles. The molecule has 0 saturated carbocycles. The average Bonchev–Trinajstić information content (AvgIpc) is 3.66. The number of thiophene rings is 1. The Bertz CT molecular complexity index is 1670. The quantitative estimate of drug-likeness (QED) is 0.416. The molecule has 1 atom stereocenters. The number of anilines is 2. The van der Waals surface area contributed by atoms with Gasteiger partial charge in [-0.1, -0.05) is 35.6 Å². The van der Waals surface area contributed by atoms with Crippen LogP contribution in [0.25, 0.3) is 6.08 Å². The van der Waals surface area contributed by atoms with Gasteiger partial charge in [0, 0.05) is 48.9 Å². The van der Waals surface area contributed by atoms with Crippen LogP contribution < -0.4 is 25.1 Å². The summed E-state index contributed by atoms with van der Waals surface area (Å²) in [5.74, 6) is 1.16. The summed E-state index contributed by atoms with van der Waals surface area (Å²) in [7, 11) is 2.12. The number of hydrogen-bond donors (Lipinski definition) is 1. The molecule has 1 N–H and O–H groups in total. The smallest absolute Gasteiger partial charge is 0.271 e. The van der Waals surface area contributed by atoms with E-state index in [-0.39, 0.29) is 11.5 Å². The predicted molar refractivity (Wildman–Crippen MR) is 152 cm³/mol. The van der Waals surface area contributed by atoms with Crippen molar-refractivity contribution in [2.75, 3.05) is 43.4 Å². The molecule has 38 heavy (non-hydrogen) atoms. The van der Waals surface area contributed by atoms with E-state index in [0.717, 1.165) is 36.9 Å². The highest BCUT2D eigenvalue weighted by Crippen LogP contribution is 2.33. The lowest BCUT2D eigenvalue weighted by atomic mass is 10.0. The van der Waals surface area contributed by atoms with Gasteiger partial charge in [0.25, 0.3) is 11.5 Å². The van der Waals surface area contributed by atoms with Crippen molar-refractivity contribution in [2.45, 2.75) is 13.0 Å². The van der Waals surface area contributed by atoms with Crippen LogP contribution in [0.15, 0.2) is 85.5 Å². The van der Waals surface area contributed by atoms with Gasteiger partial charge in [-0.05, 0) is 43.6 Å². The number of likely N-dealkylation sites (N-methyl/N-ethyl adjacent to an activating group) is 1. The molecule has 4 aromatic rings. The summed E-state index contributed by atoms with van der Waals surface area (Å²) in [6, 6.07) is 16.5. The molecular formula is C28H27N5O3S2. The van der Waals surface area contributed by atoms with E-state index in [2.05, 4.69) is 22.2 Å². The third-order valence-corrected chi connectivity index (χ3v) is 8.72. The van der Waals surface area contributed by atoms with Crippen LogP contribution in [0, 0.1) is 0 Å². The molecular weight excluding hydrogens is 518 g/mol. The number of allylic oxidation sites excluding steroid dienone is 1. The summed E-state index contributed by atoms with van der Waals surface area (Å²) >= 11 is 2.83. The summed E-state index contributed by atoms with van der Waals surface area (Å²) in [6.45, 7) is 5.60. The van der Waals surface area contributed by atoms with Crippen molar-refractivity contribution in [1.29, 1.82) is 0 Å². The number of amides is 1. The number of furan rings is 1. The molecule has 0 radical (unpaired) electrons. The Morgan fingerprint density at radius 2 is 1.87 bits per heavy atom. The molecule has 194 valence electrons. The van der Waals surface area contributed by atoms with Crippen molar-refractivity contribution in [3.8, 4) is 0 Å². The van der Waals surface area contributed by atoms with Gasteiger partial charge < -0.3 is 19.5 Å². The number of piperazine rings is 1. The van der Waals surface area contributed by atoms with Gasteiger partial charge in [-0.2, -0.15) is 0 Å². The SMILES string of the molecule is CC1=C(C(=O)Nc2ccccc2)[C@@H](c2cccs2)n2c(s/c(=C\c3ccc(N4CCN(C)CC4)o3)c2=O)=N1. The summed E-state index contributed by atoms with van der Waals surface area (Å²) in [4.78, 5) is 38.0. The average molecular weight is 546 g/mol. The first kappa shape index (κ1) is 24.6. The first-order valence-electron chi connectivity index (χ1n) is 12.4. The van der Waals surface area contributed by atoms with Crippen LogP contribution in [0.5, 0.6) is 0 Å². The molecule has 0 unspecified atom stereocenters. The van der Waals surface area contributed by atoms with Crippen LogP contribution >= 0.6 is 22.7 Å². The summed E-state index contributed by atoms with van der Waals surface area (Å²) in [5, 5.41) is 4.93. The number of rotatable bonds is 5. The van der Waals surface area contributed by atoms with Crippen LogP contribution in [0.1, 0.15) is 23.6 Å². The Morgan fingerprint density at radius 1 is 1.08 bits per heavy atom. The van der Waals surface area contributed by atoms with E-state index in [1.165, 1.54) is 22.7 Å². The van der Waals surface area contributed by atoms with Crippen LogP contribution in [0.4, 0.5) is 11.6 Å². The Labute approximate surface area is 227 Å². The molecule has 10 heteroatoms. The second-order valence-electron chi connectivity index (χ2n) is 9.38. The topological polar surface area (TPSA) is 83.1 Å². The number of nitrogens with one attached hydrogen (secondary N) is 1. The molecule has 1 aromatic carbocycles. The number of para-hydroxylation sites is 1. The minimum Gasteiger partial charge on any atom is -0.441 e. The van der Waals surface area contributed by atoms with Crippen molar-refractivity contribution in [3.63, 3.8) is 0 Å². The van der Waals surface area contributed by atoms with E-state index in [4.69, 9.17) is 9.41 Å². The Morgan fingerprint density at radius 3 is 2.61 bits per heavy atom. The largest absolute Gasteiger partial charge is 0.441 e. The van der Waals surface area contributed by atoms with Crippen molar-refractivity contribution in [1.82, 2.24) is 9.47 Å². The van der Waals surface area contributed by atoms with E-state index in [0.29, 0.717) is 32.1 Å². The second-order valence-corrected chi connectivity index (χ2v) is 11.4. The standard InChI is InChI=1S/C28H27N5O3S2/c1-18-24(26(34)30-19-7-4-3-5-8-19)25(21-9-6-16-37-21)33-27(35)22(38-28(33)29-18)17-20-10-11-23(36-20)32-14-12-31(2)13-15-32/h3-11,16-17,25H,12-15H2,1-2H3,(H,30,34)/b22-17-/t25-/m1/s1. The summed E-state index contributed by atoms with van der Waals surface area (Å²) in [5.41, 5.74) is 1.56. The van der Waals surface area contributed by atoms with Gasteiger partial charge >= 0.3 is 0 Å². The predicted octanol–water partition coefficient (Wildman–Crippen LogP) is 3.28. The maximum Gasteiger partial charge on any atom is 0.271 e. The van der Waals surface area contributed by atoms with E-state index in [9.17, 15) is 9.59 Å². The van der Waals surface area contributed by atoms with Gasteiger partial charge in [-0.3, -0.25) is 14.2 Å². The fourth-order valence-electron chi connectivity index (χ4n) is 4.79. The first-order valence-corrected chi connectivity index (χ1v) is 14.1. The van der Waals surface area contributed by atoms with E-state index in [1.54, 1.807) is 10.6 Å². The number of aromatic nitrogens is 1. The third-order valence-electron chi connectivity index (χ3n) is 6.81. The molecule has 0 spiro atoms. The highest BCUT2D eigenvalue weighted by molar-refractivity contribution is 7.10. The molecule has 0 bridgehead atoms. The number of fused-ring (bicyclic) bond motifs is 1. The summed E-state index contributed by atoms with van der Waals surface area (Å²) in [6.07, 6.45) is 1.78. The lowest BCUT2D eigenvalue weighted by molar-refractivity contribution is -0.113. The van der Waals surface area contributed by atoms with Crippen LogP contribution in [0.2, 0.25) is 0 Å². The van der Waals surface area contributed by atoms with Crippen molar-refractivity contribution >= 4 is 46.2 Å². The minimum atomic E-state index is -0.561. The molecule has 1 fully saturated rings. The van der Waals surface area contributed by atoms with Crippen molar-refractivity contribution < 1.29 is 9.21 Å². The maximum absolute atomic E-state index is 13.8. The van der Waals surface area contributed by atoms with E-state index < -0.39 is 6.04 Å². The number of thiazole rings is 1. The van der Waals surface area contributed by atoms with Gasteiger partial charge in [0.2, 0.25) is 0 Å². The molecule has 1 saturated heterocycles. The number of nitrogens with zero attached hydrogens (tertiary/aromatic N) is 4. The second kappa shape index (κ2) is 10.2. The third kappa shape index (κ3) is 4.66. The number of hydrogen-bond acceptors (Lipinski definition) is 8. The highest BCUT2D eigenvalue weighted by Gasteiger charge is 2.33. The number of carbonyl (C=O) groups is 1. The van der Waals surface area contributed by atoms with Crippen molar-refractivity contribution in [3.05, 3.63) is 102 Å². The zero-order valence-electron chi connectivity index (χ0n) is 21.1. The Balaban J connectivity index is 1.38. The number of benzene rings is 1. The fraction of sp³-hybridized carbons (Fsp3) is 0.250. The molecule has 8 nitrogen and oxygen atoms in total. The van der Waals surface area contributed by atoms with E-state index >= 15 is 0 Å². The fourth-order valence-corrected chi connectivity index (χ4v) is 6.64.